The summed E-state index contributed by atoms with van der Waals surface area (Å²) in [6, 6.07) is 16.4. The summed E-state index contributed by atoms with van der Waals surface area (Å²) in [5.41, 5.74) is 3.61. The zero-order valence-electron chi connectivity index (χ0n) is 16.1. The number of hydrogen-bond donors (Lipinski definition) is 1. The van der Waals surface area contributed by atoms with Crippen molar-refractivity contribution in [2.45, 2.75) is 26.3 Å². The van der Waals surface area contributed by atoms with E-state index in [1.165, 1.54) is 5.56 Å². The van der Waals surface area contributed by atoms with Crippen LogP contribution in [0.25, 0.3) is 0 Å². The van der Waals surface area contributed by atoms with Gasteiger partial charge >= 0.3 is 0 Å². The molecule has 0 aliphatic carbocycles. The third-order valence-electron chi connectivity index (χ3n) is 5.18. The van der Waals surface area contributed by atoms with Gasteiger partial charge in [-0.25, -0.2) is 0 Å². The molecule has 3 rings (SSSR count). The Morgan fingerprint density at radius 2 is 1.81 bits per heavy atom. The van der Waals surface area contributed by atoms with E-state index in [2.05, 4.69) is 52.4 Å². The molecule has 0 saturated carbocycles. The summed E-state index contributed by atoms with van der Waals surface area (Å²) in [6.07, 6.45) is 1.03. The van der Waals surface area contributed by atoms with Crippen LogP contribution in [0.3, 0.4) is 0 Å². The van der Waals surface area contributed by atoms with Crippen molar-refractivity contribution in [2.24, 2.45) is 0 Å². The Bertz CT molecular complexity index is 754. The second-order valence-electron chi connectivity index (χ2n) is 7.13. The molecular formula is C22H28ClN3O. The lowest BCUT2D eigenvalue weighted by molar-refractivity contribution is -0.123. The van der Waals surface area contributed by atoms with E-state index in [0.717, 1.165) is 48.9 Å². The van der Waals surface area contributed by atoms with E-state index in [9.17, 15) is 4.79 Å². The first-order valence-electron chi connectivity index (χ1n) is 9.66. The van der Waals surface area contributed by atoms with E-state index < -0.39 is 0 Å². The van der Waals surface area contributed by atoms with Crippen LogP contribution in [0.2, 0.25) is 5.02 Å². The maximum Gasteiger partial charge on any atom is 0.234 e. The Hall–Kier alpha value is -2.04. The molecule has 144 valence electrons. The predicted molar refractivity (Wildman–Crippen MR) is 112 cm³/mol. The molecule has 0 aromatic heterocycles. The highest BCUT2D eigenvalue weighted by atomic mass is 35.5. The smallest absolute Gasteiger partial charge is 0.234 e. The molecule has 1 atom stereocenters. The molecule has 2 aromatic rings. The SMILES string of the molecule is CCc1ccc(C(C)NC(=O)CN2CCN(c3cccc(Cl)c3)CC2)cc1. The number of amides is 1. The van der Waals surface area contributed by atoms with Crippen molar-refractivity contribution in [1.82, 2.24) is 10.2 Å². The van der Waals surface area contributed by atoms with Crippen LogP contribution in [0.5, 0.6) is 0 Å². The number of rotatable bonds is 6. The van der Waals surface area contributed by atoms with E-state index in [4.69, 9.17) is 11.6 Å². The normalized spacial score (nSPS) is 16.2. The molecule has 1 aliphatic rings. The quantitative estimate of drug-likeness (QED) is 0.819. The van der Waals surface area contributed by atoms with Crippen LogP contribution in [0.15, 0.2) is 48.5 Å². The van der Waals surface area contributed by atoms with Gasteiger partial charge in [0.05, 0.1) is 12.6 Å². The molecule has 1 unspecified atom stereocenters. The minimum atomic E-state index is 0.0242. The highest BCUT2D eigenvalue weighted by Crippen LogP contribution is 2.20. The van der Waals surface area contributed by atoms with E-state index in [1.807, 2.05) is 25.1 Å². The second kappa shape index (κ2) is 9.25. The van der Waals surface area contributed by atoms with Gasteiger partial charge < -0.3 is 10.2 Å². The molecule has 1 fully saturated rings. The molecule has 5 heteroatoms. The van der Waals surface area contributed by atoms with Crippen molar-refractivity contribution >= 4 is 23.2 Å². The third kappa shape index (κ3) is 5.47. The first kappa shape index (κ1) is 19.7. The lowest BCUT2D eigenvalue weighted by atomic mass is 10.1. The minimum Gasteiger partial charge on any atom is -0.369 e. The van der Waals surface area contributed by atoms with Crippen molar-refractivity contribution in [2.75, 3.05) is 37.6 Å². The molecule has 27 heavy (non-hydrogen) atoms. The van der Waals surface area contributed by atoms with Gasteiger partial charge in [0.25, 0.3) is 0 Å². The molecule has 1 saturated heterocycles. The van der Waals surface area contributed by atoms with Crippen LogP contribution >= 0.6 is 11.6 Å². The topological polar surface area (TPSA) is 35.6 Å². The molecule has 1 amide bonds. The number of piperazine rings is 1. The zero-order valence-corrected chi connectivity index (χ0v) is 16.9. The Labute approximate surface area is 167 Å². The summed E-state index contributed by atoms with van der Waals surface area (Å²) in [4.78, 5) is 17.0. The van der Waals surface area contributed by atoms with Gasteiger partial charge in [0.1, 0.15) is 0 Å². The average Bonchev–Trinajstić information content (AvgIpc) is 2.68. The van der Waals surface area contributed by atoms with Crippen molar-refractivity contribution in [3.8, 4) is 0 Å². The highest BCUT2D eigenvalue weighted by Gasteiger charge is 2.20. The van der Waals surface area contributed by atoms with E-state index >= 15 is 0 Å². The second-order valence-corrected chi connectivity index (χ2v) is 7.56. The number of halogens is 1. The maximum absolute atomic E-state index is 12.4. The van der Waals surface area contributed by atoms with Crippen molar-refractivity contribution < 1.29 is 4.79 Å². The van der Waals surface area contributed by atoms with Gasteiger partial charge in [-0.15, -0.1) is 0 Å². The fourth-order valence-electron chi connectivity index (χ4n) is 3.45. The predicted octanol–water partition coefficient (Wildman–Crippen LogP) is 3.90. The number of nitrogens with zero attached hydrogens (tertiary/aromatic N) is 2. The number of carbonyl (C=O) groups excluding carboxylic acids is 1. The number of benzene rings is 2. The monoisotopic (exact) mass is 385 g/mol. The minimum absolute atomic E-state index is 0.0242. The lowest BCUT2D eigenvalue weighted by Gasteiger charge is -2.36. The first-order chi connectivity index (χ1) is 13.0. The number of nitrogens with one attached hydrogen (secondary N) is 1. The van der Waals surface area contributed by atoms with Gasteiger partial charge in [0.2, 0.25) is 5.91 Å². The Kier molecular flexibility index (Phi) is 6.75. The number of hydrogen-bond acceptors (Lipinski definition) is 3. The Morgan fingerprint density at radius 1 is 1.11 bits per heavy atom. The van der Waals surface area contributed by atoms with Gasteiger partial charge in [0.15, 0.2) is 0 Å². The third-order valence-corrected chi connectivity index (χ3v) is 5.41. The van der Waals surface area contributed by atoms with Gasteiger partial charge in [-0.05, 0) is 42.7 Å². The molecule has 0 bridgehead atoms. The average molecular weight is 386 g/mol. The van der Waals surface area contributed by atoms with Crippen molar-refractivity contribution in [3.63, 3.8) is 0 Å². The summed E-state index contributed by atoms with van der Waals surface area (Å²) >= 11 is 6.09. The van der Waals surface area contributed by atoms with Crippen molar-refractivity contribution in [3.05, 3.63) is 64.7 Å². The van der Waals surface area contributed by atoms with Gasteiger partial charge in [-0.3, -0.25) is 9.69 Å². The van der Waals surface area contributed by atoms with Gasteiger partial charge in [-0.2, -0.15) is 0 Å². The van der Waals surface area contributed by atoms with E-state index in [0.29, 0.717) is 6.54 Å². The van der Waals surface area contributed by atoms with Crippen LogP contribution in [-0.2, 0) is 11.2 Å². The molecule has 1 N–H and O–H groups in total. The molecule has 0 radical (unpaired) electrons. The largest absolute Gasteiger partial charge is 0.369 e. The lowest BCUT2D eigenvalue weighted by Crippen LogP contribution is -2.49. The summed E-state index contributed by atoms with van der Waals surface area (Å²) < 4.78 is 0. The summed E-state index contributed by atoms with van der Waals surface area (Å²) in [7, 11) is 0. The number of aryl methyl sites for hydroxylation is 1. The van der Waals surface area contributed by atoms with Gasteiger partial charge in [-0.1, -0.05) is 48.9 Å². The van der Waals surface area contributed by atoms with Crippen LogP contribution in [0, 0.1) is 0 Å². The fraction of sp³-hybridized carbons (Fsp3) is 0.409. The molecule has 0 spiro atoms. The Balaban J connectivity index is 1.46. The van der Waals surface area contributed by atoms with Crippen LogP contribution in [-0.4, -0.2) is 43.5 Å². The summed E-state index contributed by atoms with van der Waals surface area (Å²) in [6.45, 7) is 8.19. The summed E-state index contributed by atoms with van der Waals surface area (Å²) in [5, 5.41) is 3.88. The number of carbonyl (C=O) groups is 1. The van der Waals surface area contributed by atoms with E-state index in [1.54, 1.807) is 0 Å². The molecule has 2 aromatic carbocycles. The zero-order chi connectivity index (χ0) is 19.2. The maximum atomic E-state index is 12.4. The summed E-state index contributed by atoms with van der Waals surface area (Å²) in [5.74, 6) is 0.0817. The first-order valence-corrected chi connectivity index (χ1v) is 10.0. The molecular weight excluding hydrogens is 358 g/mol. The van der Waals surface area contributed by atoms with Crippen molar-refractivity contribution in [1.29, 1.82) is 0 Å². The Morgan fingerprint density at radius 3 is 2.44 bits per heavy atom. The standard InChI is InChI=1S/C22H28ClN3O/c1-3-18-7-9-19(10-8-18)17(2)24-22(27)16-25-11-13-26(14-12-25)21-6-4-5-20(23)15-21/h4-10,15,17H,3,11-14,16H2,1-2H3,(H,24,27). The fourth-order valence-corrected chi connectivity index (χ4v) is 3.64. The molecule has 4 nitrogen and oxygen atoms in total. The van der Waals surface area contributed by atoms with Crippen LogP contribution in [0.1, 0.15) is 31.0 Å². The molecule has 1 aliphatic heterocycles. The molecule has 1 heterocycles. The van der Waals surface area contributed by atoms with Crippen LogP contribution < -0.4 is 10.2 Å². The number of anilines is 1. The van der Waals surface area contributed by atoms with Crippen LogP contribution in [0.4, 0.5) is 5.69 Å². The van der Waals surface area contributed by atoms with E-state index in [-0.39, 0.29) is 11.9 Å². The van der Waals surface area contributed by atoms with Gasteiger partial charge in [0, 0.05) is 36.9 Å². The highest BCUT2D eigenvalue weighted by molar-refractivity contribution is 6.30.